The second-order valence-corrected chi connectivity index (χ2v) is 5.31. The summed E-state index contributed by atoms with van der Waals surface area (Å²) < 4.78 is 5.68. The monoisotopic (exact) mass is 344 g/mol. The molecule has 1 heterocycles. The van der Waals surface area contributed by atoms with Gasteiger partial charge in [-0.1, -0.05) is 41.4 Å². The minimum Gasteiger partial charge on any atom is -0.457 e. The van der Waals surface area contributed by atoms with Gasteiger partial charge >= 0.3 is 0 Å². The van der Waals surface area contributed by atoms with E-state index < -0.39 is 0 Å². The number of hydrogen-bond donors (Lipinski definition) is 0. The fraction of sp³-hybridized carbons (Fsp3) is 0. The number of hydrogen-bond acceptors (Lipinski definition) is 4. The van der Waals surface area contributed by atoms with E-state index in [1.807, 2.05) is 30.3 Å². The molecule has 1 aromatic heterocycles. The predicted octanol–water partition coefficient (Wildman–Crippen LogP) is 4.81. The Hall–Kier alpha value is -2.43. The minimum atomic E-state index is -0.341. The highest BCUT2D eigenvalue weighted by molar-refractivity contribution is 6.39. The van der Waals surface area contributed by atoms with Crippen LogP contribution in [0.2, 0.25) is 10.3 Å². The second kappa shape index (κ2) is 6.77. The lowest BCUT2D eigenvalue weighted by atomic mass is 10.1. The average molecular weight is 345 g/mol. The highest BCUT2D eigenvalue weighted by atomic mass is 35.5. The van der Waals surface area contributed by atoms with Gasteiger partial charge in [0.05, 0.1) is 5.56 Å². The number of benzene rings is 2. The number of rotatable bonds is 4. The lowest BCUT2D eigenvalue weighted by Crippen LogP contribution is -2.05. The van der Waals surface area contributed by atoms with Gasteiger partial charge in [0.1, 0.15) is 28.1 Å². The summed E-state index contributed by atoms with van der Waals surface area (Å²) in [6, 6.07) is 16.0. The van der Waals surface area contributed by atoms with Gasteiger partial charge in [-0.15, -0.1) is 0 Å². The maximum absolute atomic E-state index is 12.5. The van der Waals surface area contributed by atoms with Crippen LogP contribution in [0.5, 0.6) is 11.5 Å². The molecule has 4 nitrogen and oxygen atoms in total. The summed E-state index contributed by atoms with van der Waals surface area (Å²) in [6.07, 6.45) is 1.21. The fourth-order valence-corrected chi connectivity index (χ4v) is 2.46. The number of para-hydroxylation sites is 1. The van der Waals surface area contributed by atoms with E-state index in [2.05, 4.69) is 9.97 Å². The van der Waals surface area contributed by atoms with Gasteiger partial charge in [-0.25, -0.2) is 9.97 Å². The molecule has 0 saturated carbocycles. The van der Waals surface area contributed by atoms with Gasteiger partial charge in [-0.2, -0.15) is 0 Å². The molecule has 0 atom stereocenters. The molecule has 6 heteroatoms. The number of halogens is 2. The third kappa shape index (κ3) is 3.50. The van der Waals surface area contributed by atoms with Crippen molar-refractivity contribution in [3.05, 3.63) is 82.4 Å². The number of carbonyl (C=O) groups is 1. The van der Waals surface area contributed by atoms with Crippen LogP contribution in [0.1, 0.15) is 15.9 Å². The van der Waals surface area contributed by atoms with Gasteiger partial charge in [-0.3, -0.25) is 4.79 Å². The molecule has 114 valence electrons. The molecule has 0 N–H and O–H groups in total. The summed E-state index contributed by atoms with van der Waals surface area (Å²) in [7, 11) is 0. The standard InChI is InChI=1S/C17H10Cl2N2O2/c18-16-14(17(19)21-10-20-16)15(22)11-6-8-13(9-7-11)23-12-4-2-1-3-5-12/h1-10H. The van der Waals surface area contributed by atoms with Crippen molar-refractivity contribution in [2.75, 3.05) is 0 Å². The SMILES string of the molecule is O=C(c1ccc(Oc2ccccc2)cc1)c1c(Cl)ncnc1Cl. The van der Waals surface area contributed by atoms with Gasteiger partial charge in [0, 0.05) is 5.56 Å². The third-order valence-electron chi connectivity index (χ3n) is 3.08. The van der Waals surface area contributed by atoms with Crippen LogP contribution in [0.25, 0.3) is 0 Å². The van der Waals surface area contributed by atoms with Gasteiger partial charge < -0.3 is 4.74 Å². The highest BCUT2D eigenvalue weighted by Crippen LogP contribution is 2.25. The first-order chi connectivity index (χ1) is 11.1. The molecule has 3 rings (SSSR count). The summed E-state index contributed by atoms with van der Waals surface area (Å²) in [5.41, 5.74) is 0.511. The van der Waals surface area contributed by atoms with Crippen molar-refractivity contribution in [2.45, 2.75) is 0 Å². The molecule has 0 spiro atoms. The van der Waals surface area contributed by atoms with Gasteiger partial charge in [0.25, 0.3) is 0 Å². The van der Waals surface area contributed by atoms with Crippen LogP contribution in [0, 0.1) is 0 Å². The van der Waals surface area contributed by atoms with Crippen molar-refractivity contribution < 1.29 is 9.53 Å². The molecule has 0 bridgehead atoms. The summed E-state index contributed by atoms with van der Waals surface area (Å²) >= 11 is 11.9. The quantitative estimate of drug-likeness (QED) is 0.503. The summed E-state index contributed by atoms with van der Waals surface area (Å²) in [4.78, 5) is 20.0. The van der Waals surface area contributed by atoms with Crippen LogP contribution in [0.4, 0.5) is 0 Å². The Kier molecular flexibility index (Phi) is 4.55. The zero-order valence-electron chi connectivity index (χ0n) is 11.7. The van der Waals surface area contributed by atoms with E-state index in [1.54, 1.807) is 24.3 Å². The van der Waals surface area contributed by atoms with Crippen molar-refractivity contribution >= 4 is 29.0 Å². The summed E-state index contributed by atoms with van der Waals surface area (Å²) in [5.74, 6) is 0.996. The number of carbonyl (C=O) groups excluding carboxylic acids is 1. The van der Waals surface area contributed by atoms with Crippen LogP contribution in [-0.4, -0.2) is 15.8 Å². The van der Waals surface area contributed by atoms with Crippen molar-refractivity contribution in [2.24, 2.45) is 0 Å². The van der Waals surface area contributed by atoms with E-state index in [4.69, 9.17) is 27.9 Å². The average Bonchev–Trinajstić information content (AvgIpc) is 2.56. The first-order valence-electron chi connectivity index (χ1n) is 6.69. The number of aromatic nitrogens is 2. The van der Waals surface area contributed by atoms with Gasteiger partial charge in [0.2, 0.25) is 0 Å². The van der Waals surface area contributed by atoms with Crippen LogP contribution >= 0.6 is 23.2 Å². The molecule has 0 saturated heterocycles. The fourth-order valence-electron chi connectivity index (χ4n) is 1.98. The third-order valence-corrected chi connectivity index (χ3v) is 3.65. The largest absolute Gasteiger partial charge is 0.457 e. The Morgan fingerprint density at radius 1 is 0.826 bits per heavy atom. The number of nitrogens with zero attached hydrogens (tertiary/aromatic N) is 2. The smallest absolute Gasteiger partial charge is 0.199 e. The first kappa shape index (κ1) is 15.5. The molecule has 0 aliphatic heterocycles. The van der Waals surface area contributed by atoms with Crippen LogP contribution in [-0.2, 0) is 0 Å². The van der Waals surface area contributed by atoms with E-state index in [1.165, 1.54) is 6.33 Å². The predicted molar refractivity (Wildman–Crippen MR) is 88.4 cm³/mol. The lowest BCUT2D eigenvalue weighted by Gasteiger charge is -2.07. The summed E-state index contributed by atoms with van der Waals surface area (Å²) in [6.45, 7) is 0. The molecule has 0 aliphatic carbocycles. The first-order valence-corrected chi connectivity index (χ1v) is 7.44. The highest BCUT2D eigenvalue weighted by Gasteiger charge is 2.18. The maximum atomic E-state index is 12.5. The van der Waals surface area contributed by atoms with E-state index in [0.29, 0.717) is 17.1 Å². The van der Waals surface area contributed by atoms with Crippen molar-refractivity contribution in [3.63, 3.8) is 0 Å². The Balaban J connectivity index is 1.83. The van der Waals surface area contributed by atoms with E-state index in [-0.39, 0.29) is 21.7 Å². The maximum Gasteiger partial charge on any atom is 0.199 e. The van der Waals surface area contributed by atoms with Gasteiger partial charge in [0.15, 0.2) is 5.78 Å². The molecule has 0 radical (unpaired) electrons. The molecule has 0 unspecified atom stereocenters. The lowest BCUT2D eigenvalue weighted by molar-refractivity contribution is 0.103. The molecule has 0 amide bonds. The molecule has 0 aliphatic rings. The summed E-state index contributed by atoms with van der Waals surface area (Å²) in [5, 5.41) is 0.0548. The second-order valence-electron chi connectivity index (χ2n) is 4.60. The van der Waals surface area contributed by atoms with Crippen LogP contribution < -0.4 is 4.74 Å². The Morgan fingerprint density at radius 3 is 2.00 bits per heavy atom. The van der Waals surface area contributed by atoms with Crippen molar-refractivity contribution in [3.8, 4) is 11.5 Å². The minimum absolute atomic E-state index is 0.0274. The van der Waals surface area contributed by atoms with Crippen molar-refractivity contribution in [1.82, 2.24) is 9.97 Å². The Labute approximate surface area is 142 Å². The van der Waals surface area contributed by atoms with Crippen LogP contribution in [0.3, 0.4) is 0 Å². The number of ether oxygens (including phenoxy) is 1. The zero-order chi connectivity index (χ0) is 16.2. The normalized spacial score (nSPS) is 10.3. The van der Waals surface area contributed by atoms with Gasteiger partial charge in [-0.05, 0) is 36.4 Å². The molecular weight excluding hydrogens is 335 g/mol. The molecule has 3 aromatic rings. The van der Waals surface area contributed by atoms with E-state index in [0.717, 1.165) is 0 Å². The molecular formula is C17H10Cl2N2O2. The molecule has 23 heavy (non-hydrogen) atoms. The zero-order valence-corrected chi connectivity index (χ0v) is 13.3. The molecule has 0 fully saturated rings. The van der Waals surface area contributed by atoms with E-state index in [9.17, 15) is 4.79 Å². The Bertz CT molecular complexity index is 817. The molecule has 2 aromatic carbocycles. The topological polar surface area (TPSA) is 52.1 Å². The van der Waals surface area contributed by atoms with E-state index >= 15 is 0 Å². The Morgan fingerprint density at radius 2 is 1.39 bits per heavy atom. The van der Waals surface area contributed by atoms with Crippen molar-refractivity contribution in [1.29, 1.82) is 0 Å². The van der Waals surface area contributed by atoms with Crippen LogP contribution in [0.15, 0.2) is 60.9 Å². The number of ketones is 1.